The van der Waals surface area contributed by atoms with Gasteiger partial charge in [0.25, 0.3) is 0 Å². The van der Waals surface area contributed by atoms with Crippen molar-refractivity contribution in [1.82, 2.24) is 4.98 Å². The fourth-order valence-corrected chi connectivity index (χ4v) is 3.95. The predicted octanol–water partition coefficient (Wildman–Crippen LogP) is 5.16. The van der Waals surface area contributed by atoms with Gasteiger partial charge >= 0.3 is 0 Å². The SMILES string of the molecule is CCCC(=O)C(C)(C)OCCC(C)(C)SSc1ccccn1. The molecule has 0 bridgehead atoms. The van der Waals surface area contributed by atoms with Crippen molar-refractivity contribution >= 4 is 27.4 Å². The molecule has 0 aliphatic heterocycles. The number of ether oxygens (including phenoxy) is 1. The largest absolute Gasteiger partial charge is 0.368 e. The smallest absolute Gasteiger partial charge is 0.164 e. The van der Waals surface area contributed by atoms with E-state index in [1.165, 1.54) is 0 Å². The number of carbonyl (C=O) groups excluding carboxylic acids is 1. The lowest BCUT2D eigenvalue weighted by molar-refractivity contribution is -0.140. The first kappa shape index (κ1) is 19.5. The number of ketones is 1. The summed E-state index contributed by atoms with van der Waals surface area (Å²) in [5, 5.41) is 1.01. The predicted molar refractivity (Wildman–Crippen MR) is 96.3 cm³/mol. The van der Waals surface area contributed by atoms with E-state index >= 15 is 0 Å². The highest BCUT2D eigenvalue weighted by atomic mass is 33.1. The normalized spacial score (nSPS) is 12.4. The highest BCUT2D eigenvalue weighted by Gasteiger charge is 2.28. The summed E-state index contributed by atoms with van der Waals surface area (Å²) in [6, 6.07) is 5.92. The first-order chi connectivity index (χ1) is 10.3. The molecule has 0 radical (unpaired) electrons. The molecule has 0 amide bonds. The first-order valence-corrected chi connectivity index (χ1v) is 9.86. The van der Waals surface area contributed by atoms with E-state index in [2.05, 4.69) is 18.8 Å². The molecule has 22 heavy (non-hydrogen) atoms. The maximum absolute atomic E-state index is 12.0. The third-order valence-corrected chi connectivity index (χ3v) is 6.57. The quantitative estimate of drug-likeness (QED) is 0.550. The first-order valence-electron chi connectivity index (χ1n) is 7.71. The number of carbonyl (C=O) groups is 1. The van der Waals surface area contributed by atoms with Crippen LogP contribution in [0.5, 0.6) is 0 Å². The Labute approximate surface area is 142 Å². The summed E-state index contributed by atoms with van der Waals surface area (Å²) >= 11 is 0. The van der Waals surface area contributed by atoms with Gasteiger partial charge in [-0.25, -0.2) is 4.98 Å². The third-order valence-electron chi connectivity index (χ3n) is 3.31. The lowest BCUT2D eigenvalue weighted by Crippen LogP contribution is -2.36. The van der Waals surface area contributed by atoms with Gasteiger partial charge in [0, 0.05) is 24.0 Å². The average Bonchev–Trinajstić information content (AvgIpc) is 2.46. The molecule has 0 aliphatic carbocycles. The summed E-state index contributed by atoms with van der Waals surface area (Å²) in [6.45, 7) is 10.7. The maximum atomic E-state index is 12.0. The number of rotatable bonds is 10. The molecule has 3 nitrogen and oxygen atoms in total. The van der Waals surface area contributed by atoms with Crippen LogP contribution in [-0.4, -0.2) is 27.7 Å². The standard InChI is InChI=1S/C17H27NO2S2/c1-6-9-14(19)17(4,5)20-13-11-16(2,3)22-21-15-10-7-8-12-18-15/h7-8,10,12H,6,9,11,13H2,1-5H3. The molecule has 0 N–H and O–H groups in total. The van der Waals surface area contributed by atoms with Crippen LogP contribution in [0.2, 0.25) is 0 Å². The van der Waals surface area contributed by atoms with Gasteiger partial charge in [0.15, 0.2) is 5.78 Å². The minimum atomic E-state index is -0.676. The van der Waals surface area contributed by atoms with Crippen molar-refractivity contribution in [2.75, 3.05) is 6.61 Å². The zero-order valence-corrected chi connectivity index (χ0v) is 15.9. The van der Waals surface area contributed by atoms with Crippen molar-refractivity contribution in [1.29, 1.82) is 0 Å². The van der Waals surface area contributed by atoms with E-state index in [1.807, 2.05) is 39.0 Å². The van der Waals surface area contributed by atoms with Crippen molar-refractivity contribution in [2.24, 2.45) is 0 Å². The van der Waals surface area contributed by atoms with E-state index in [1.54, 1.807) is 27.8 Å². The molecule has 0 aromatic carbocycles. The molecule has 0 atom stereocenters. The van der Waals surface area contributed by atoms with Gasteiger partial charge in [-0.3, -0.25) is 4.79 Å². The van der Waals surface area contributed by atoms with Crippen molar-refractivity contribution < 1.29 is 9.53 Å². The number of Topliss-reactive ketones (excluding diaryl/α,β-unsaturated/α-hetero) is 1. The van der Waals surface area contributed by atoms with Crippen molar-refractivity contribution in [2.45, 2.75) is 69.3 Å². The number of hydrogen-bond donors (Lipinski definition) is 0. The zero-order chi connectivity index (χ0) is 16.6. The molecule has 1 aromatic rings. The Morgan fingerprint density at radius 2 is 2.00 bits per heavy atom. The van der Waals surface area contributed by atoms with Gasteiger partial charge in [-0.2, -0.15) is 0 Å². The topological polar surface area (TPSA) is 39.2 Å². The summed E-state index contributed by atoms with van der Waals surface area (Å²) in [5.41, 5.74) is -0.676. The zero-order valence-electron chi connectivity index (χ0n) is 14.2. The Hall–Kier alpha value is -0.520. The molecule has 0 saturated carbocycles. The van der Waals surface area contributed by atoms with E-state index in [0.29, 0.717) is 13.0 Å². The molecule has 5 heteroatoms. The Balaban J connectivity index is 2.37. The van der Waals surface area contributed by atoms with Gasteiger partial charge < -0.3 is 4.74 Å². The Morgan fingerprint density at radius 1 is 1.27 bits per heavy atom. The van der Waals surface area contributed by atoms with Crippen LogP contribution in [0.15, 0.2) is 29.4 Å². The maximum Gasteiger partial charge on any atom is 0.164 e. The molecular formula is C17H27NO2S2. The van der Waals surface area contributed by atoms with Crippen LogP contribution in [0.3, 0.4) is 0 Å². The van der Waals surface area contributed by atoms with Crippen LogP contribution in [-0.2, 0) is 9.53 Å². The molecule has 1 heterocycles. The molecular weight excluding hydrogens is 314 g/mol. The van der Waals surface area contributed by atoms with E-state index < -0.39 is 5.60 Å². The summed E-state index contributed by atoms with van der Waals surface area (Å²) in [5.74, 6) is 0.184. The van der Waals surface area contributed by atoms with Crippen molar-refractivity contribution in [3.8, 4) is 0 Å². The van der Waals surface area contributed by atoms with Gasteiger partial charge in [0.05, 0.1) is 0 Å². The van der Waals surface area contributed by atoms with Crippen LogP contribution in [0.25, 0.3) is 0 Å². The number of hydrogen-bond acceptors (Lipinski definition) is 5. The van der Waals surface area contributed by atoms with E-state index in [9.17, 15) is 4.79 Å². The second-order valence-electron chi connectivity index (χ2n) is 6.38. The third kappa shape index (κ3) is 7.16. The summed E-state index contributed by atoms with van der Waals surface area (Å²) < 4.78 is 5.91. The molecule has 0 aliphatic rings. The number of aromatic nitrogens is 1. The van der Waals surface area contributed by atoms with E-state index in [0.717, 1.165) is 17.9 Å². The van der Waals surface area contributed by atoms with Crippen molar-refractivity contribution in [3.05, 3.63) is 24.4 Å². The van der Waals surface area contributed by atoms with Crippen LogP contribution < -0.4 is 0 Å². The van der Waals surface area contributed by atoms with Gasteiger partial charge in [0.1, 0.15) is 10.6 Å². The average molecular weight is 342 g/mol. The fourth-order valence-electron chi connectivity index (χ4n) is 1.75. The van der Waals surface area contributed by atoms with Crippen LogP contribution in [0.4, 0.5) is 0 Å². The van der Waals surface area contributed by atoms with Gasteiger partial charge in [-0.1, -0.05) is 23.8 Å². The van der Waals surface area contributed by atoms with Crippen molar-refractivity contribution in [3.63, 3.8) is 0 Å². The summed E-state index contributed by atoms with van der Waals surface area (Å²) in [7, 11) is 3.47. The van der Waals surface area contributed by atoms with E-state index in [4.69, 9.17) is 4.74 Å². The summed E-state index contributed by atoms with van der Waals surface area (Å²) in [4.78, 5) is 16.3. The van der Waals surface area contributed by atoms with E-state index in [-0.39, 0.29) is 10.5 Å². The fraction of sp³-hybridized carbons (Fsp3) is 0.647. The number of nitrogens with zero attached hydrogens (tertiary/aromatic N) is 1. The minimum Gasteiger partial charge on any atom is -0.368 e. The number of pyridine rings is 1. The van der Waals surface area contributed by atoms with Gasteiger partial charge in [-0.15, -0.1) is 0 Å². The molecule has 1 aromatic heterocycles. The molecule has 0 spiro atoms. The highest BCUT2D eigenvalue weighted by molar-refractivity contribution is 8.77. The molecule has 0 saturated heterocycles. The minimum absolute atomic E-state index is 0.0616. The van der Waals surface area contributed by atoms with Crippen LogP contribution in [0.1, 0.15) is 53.9 Å². The lowest BCUT2D eigenvalue weighted by Gasteiger charge is -2.28. The second kappa shape index (κ2) is 8.94. The van der Waals surface area contributed by atoms with Crippen LogP contribution >= 0.6 is 21.6 Å². The Kier molecular flexibility index (Phi) is 7.94. The Morgan fingerprint density at radius 3 is 2.59 bits per heavy atom. The molecule has 1 rings (SSSR count). The molecule has 0 unspecified atom stereocenters. The molecule has 124 valence electrons. The van der Waals surface area contributed by atoms with Gasteiger partial charge in [-0.05, 0) is 63.5 Å². The van der Waals surface area contributed by atoms with Crippen LogP contribution in [0, 0.1) is 0 Å². The Bertz CT molecular complexity index is 461. The summed E-state index contributed by atoms with van der Waals surface area (Å²) in [6.07, 6.45) is 4.15. The lowest BCUT2D eigenvalue weighted by atomic mass is 9.99. The second-order valence-corrected chi connectivity index (χ2v) is 9.23. The highest BCUT2D eigenvalue weighted by Crippen LogP contribution is 2.41. The van der Waals surface area contributed by atoms with Gasteiger partial charge in [0.2, 0.25) is 0 Å². The monoisotopic (exact) mass is 341 g/mol. The molecule has 0 fully saturated rings.